The Morgan fingerprint density at radius 1 is 1.33 bits per heavy atom. The molecule has 1 aromatic carbocycles. The predicted molar refractivity (Wildman–Crippen MR) is 83.2 cm³/mol. The van der Waals surface area contributed by atoms with Crippen molar-refractivity contribution in [2.24, 2.45) is 5.41 Å². The summed E-state index contributed by atoms with van der Waals surface area (Å²) in [6, 6.07) is 6.01. The molecule has 0 heterocycles. The Balaban J connectivity index is 2.46. The molecule has 0 fully saturated rings. The lowest BCUT2D eigenvalue weighted by molar-refractivity contribution is 0.232. The summed E-state index contributed by atoms with van der Waals surface area (Å²) in [7, 11) is 4.21. The van der Waals surface area contributed by atoms with E-state index in [-0.39, 0.29) is 5.41 Å². The standard InChI is InChI=1S/C14H22BrClN2/c1-14(2,10-18(3)4)9-17-8-11-5-6-12(15)7-13(11)16/h5-7,17H,8-10H2,1-4H3. The number of nitrogens with one attached hydrogen (secondary N) is 1. The van der Waals surface area contributed by atoms with Gasteiger partial charge < -0.3 is 10.2 Å². The number of hydrogen-bond acceptors (Lipinski definition) is 2. The maximum atomic E-state index is 6.19. The third kappa shape index (κ3) is 5.70. The van der Waals surface area contributed by atoms with Crippen molar-refractivity contribution in [2.75, 3.05) is 27.2 Å². The molecule has 0 aromatic heterocycles. The van der Waals surface area contributed by atoms with Crippen molar-refractivity contribution >= 4 is 27.5 Å². The second-order valence-corrected chi connectivity index (χ2v) is 7.06. The molecule has 18 heavy (non-hydrogen) atoms. The zero-order valence-corrected chi connectivity index (χ0v) is 13.9. The second kappa shape index (κ2) is 6.90. The molecule has 0 aliphatic rings. The fraction of sp³-hybridized carbons (Fsp3) is 0.571. The molecule has 0 amide bonds. The van der Waals surface area contributed by atoms with Crippen LogP contribution in [0.3, 0.4) is 0 Å². The van der Waals surface area contributed by atoms with Gasteiger partial charge in [-0.15, -0.1) is 0 Å². The monoisotopic (exact) mass is 332 g/mol. The summed E-state index contributed by atoms with van der Waals surface area (Å²) in [6.07, 6.45) is 0. The van der Waals surface area contributed by atoms with Gasteiger partial charge in [0.15, 0.2) is 0 Å². The van der Waals surface area contributed by atoms with Crippen LogP contribution in [0.25, 0.3) is 0 Å². The van der Waals surface area contributed by atoms with Crippen LogP contribution in [0.4, 0.5) is 0 Å². The lowest BCUT2D eigenvalue weighted by atomic mass is 9.93. The van der Waals surface area contributed by atoms with Crippen molar-refractivity contribution in [2.45, 2.75) is 20.4 Å². The first kappa shape index (κ1) is 16.0. The van der Waals surface area contributed by atoms with Crippen molar-refractivity contribution in [3.63, 3.8) is 0 Å². The zero-order valence-electron chi connectivity index (χ0n) is 11.6. The lowest BCUT2D eigenvalue weighted by Crippen LogP contribution is -2.37. The van der Waals surface area contributed by atoms with E-state index in [1.54, 1.807) is 0 Å². The van der Waals surface area contributed by atoms with Crippen LogP contribution in [0.1, 0.15) is 19.4 Å². The SMILES string of the molecule is CN(C)CC(C)(C)CNCc1ccc(Br)cc1Cl. The van der Waals surface area contributed by atoms with Gasteiger partial charge in [-0.2, -0.15) is 0 Å². The summed E-state index contributed by atoms with van der Waals surface area (Å²) in [6.45, 7) is 7.38. The van der Waals surface area contributed by atoms with Crippen LogP contribution in [0, 0.1) is 5.41 Å². The van der Waals surface area contributed by atoms with Crippen LogP contribution in [0.5, 0.6) is 0 Å². The van der Waals surface area contributed by atoms with E-state index in [9.17, 15) is 0 Å². The molecule has 102 valence electrons. The van der Waals surface area contributed by atoms with Gasteiger partial charge in [-0.25, -0.2) is 0 Å². The van der Waals surface area contributed by atoms with E-state index in [0.29, 0.717) is 0 Å². The predicted octanol–water partition coefficient (Wildman–Crippen LogP) is 3.78. The molecule has 0 atom stereocenters. The Morgan fingerprint density at radius 3 is 2.56 bits per heavy atom. The van der Waals surface area contributed by atoms with Gasteiger partial charge in [0.05, 0.1) is 0 Å². The van der Waals surface area contributed by atoms with Crippen LogP contribution in [-0.2, 0) is 6.54 Å². The number of halogens is 2. The second-order valence-electron chi connectivity index (χ2n) is 5.74. The molecule has 0 aliphatic carbocycles. The first-order valence-electron chi connectivity index (χ1n) is 6.09. The van der Waals surface area contributed by atoms with Gasteiger partial charge in [0, 0.05) is 29.1 Å². The summed E-state index contributed by atoms with van der Waals surface area (Å²) in [4.78, 5) is 2.22. The van der Waals surface area contributed by atoms with Crippen LogP contribution < -0.4 is 5.32 Å². The molecule has 4 heteroatoms. The van der Waals surface area contributed by atoms with E-state index in [0.717, 1.165) is 34.7 Å². The molecule has 0 saturated carbocycles. The Kier molecular flexibility index (Phi) is 6.12. The maximum absolute atomic E-state index is 6.19. The van der Waals surface area contributed by atoms with Crippen molar-refractivity contribution in [3.8, 4) is 0 Å². The fourth-order valence-corrected chi connectivity index (χ4v) is 2.85. The van der Waals surface area contributed by atoms with Crippen molar-refractivity contribution < 1.29 is 0 Å². The minimum atomic E-state index is 0.255. The molecule has 0 radical (unpaired) electrons. The molecule has 0 saturated heterocycles. The van der Waals surface area contributed by atoms with Gasteiger partial charge in [-0.1, -0.05) is 47.4 Å². The quantitative estimate of drug-likeness (QED) is 0.852. The fourth-order valence-electron chi connectivity index (χ4n) is 2.11. The molecule has 0 unspecified atom stereocenters. The topological polar surface area (TPSA) is 15.3 Å². The van der Waals surface area contributed by atoms with Gasteiger partial charge in [-0.3, -0.25) is 0 Å². The van der Waals surface area contributed by atoms with Crippen LogP contribution in [0.2, 0.25) is 5.02 Å². The summed E-state index contributed by atoms with van der Waals surface area (Å²) in [5.41, 5.74) is 1.39. The van der Waals surface area contributed by atoms with E-state index in [4.69, 9.17) is 11.6 Å². The molecular weight excluding hydrogens is 312 g/mol. The molecule has 0 spiro atoms. The molecule has 1 N–H and O–H groups in total. The summed E-state index contributed by atoms with van der Waals surface area (Å²) >= 11 is 9.60. The van der Waals surface area contributed by atoms with E-state index in [2.05, 4.69) is 60.2 Å². The van der Waals surface area contributed by atoms with Gasteiger partial charge in [-0.05, 0) is 37.2 Å². The summed E-state index contributed by atoms with van der Waals surface area (Å²) in [5.74, 6) is 0. The van der Waals surface area contributed by atoms with Gasteiger partial charge in [0.25, 0.3) is 0 Å². The summed E-state index contributed by atoms with van der Waals surface area (Å²) < 4.78 is 1.02. The highest BCUT2D eigenvalue weighted by molar-refractivity contribution is 9.10. The Labute approximate surface area is 124 Å². The highest BCUT2D eigenvalue weighted by Gasteiger charge is 2.18. The lowest BCUT2D eigenvalue weighted by Gasteiger charge is -2.28. The molecule has 1 aromatic rings. The van der Waals surface area contributed by atoms with Gasteiger partial charge >= 0.3 is 0 Å². The number of rotatable bonds is 6. The van der Waals surface area contributed by atoms with E-state index in [1.807, 2.05) is 12.1 Å². The van der Waals surface area contributed by atoms with Gasteiger partial charge in [0.1, 0.15) is 0 Å². The average molecular weight is 334 g/mol. The molecule has 2 nitrogen and oxygen atoms in total. The molecule has 0 bridgehead atoms. The average Bonchev–Trinajstić information content (AvgIpc) is 2.19. The van der Waals surface area contributed by atoms with Crippen molar-refractivity contribution in [1.82, 2.24) is 10.2 Å². The van der Waals surface area contributed by atoms with E-state index >= 15 is 0 Å². The van der Waals surface area contributed by atoms with E-state index < -0.39 is 0 Å². The first-order valence-corrected chi connectivity index (χ1v) is 7.27. The number of hydrogen-bond donors (Lipinski definition) is 1. The Hall–Kier alpha value is -0.0900. The molecule has 0 aliphatic heterocycles. The first-order chi connectivity index (χ1) is 8.30. The third-order valence-corrected chi connectivity index (χ3v) is 3.52. The summed E-state index contributed by atoms with van der Waals surface area (Å²) in [5, 5.41) is 4.29. The van der Waals surface area contributed by atoms with Crippen LogP contribution >= 0.6 is 27.5 Å². The van der Waals surface area contributed by atoms with Gasteiger partial charge in [0.2, 0.25) is 0 Å². The highest BCUT2D eigenvalue weighted by Crippen LogP contribution is 2.21. The minimum absolute atomic E-state index is 0.255. The van der Waals surface area contributed by atoms with Crippen molar-refractivity contribution in [1.29, 1.82) is 0 Å². The third-order valence-electron chi connectivity index (χ3n) is 2.68. The maximum Gasteiger partial charge on any atom is 0.0462 e. The van der Waals surface area contributed by atoms with Crippen LogP contribution in [-0.4, -0.2) is 32.1 Å². The Bertz CT molecular complexity index is 391. The molecular formula is C14H22BrClN2. The van der Waals surface area contributed by atoms with Crippen LogP contribution in [0.15, 0.2) is 22.7 Å². The zero-order chi connectivity index (χ0) is 13.8. The normalized spacial score (nSPS) is 12.2. The number of nitrogens with zero attached hydrogens (tertiary/aromatic N) is 1. The minimum Gasteiger partial charge on any atom is -0.312 e. The van der Waals surface area contributed by atoms with Crippen molar-refractivity contribution in [3.05, 3.63) is 33.3 Å². The Morgan fingerprint density at radius 2 is 2.00 bits per heavy atom. The molecule has 1 rings (SSSR count). The largest absolute Gasteiger partial charge is 0.312 e. The van der Waals surface area contributed by atoms with E-state index in [1.165, 1.54) is 0 Å². The number of benzene rings is 1. The highest BCUT2D eigenvalue weighted by atomic mass is 79.9. The smallest absolute Gasteiger partial charge is 0.0462 e.